The first-order valence-corrected chi connectivity index (χ1v) is 9.52. The quantitative estimate of drug-likeness (QED) is 0.710. The van der Waals surface area contributed by atoms with Crippen molar-refractivity contribution in [3.8, 4) is 9.88 Å². The standard InChI is InChI=1S/C18H16N2O2S2/c21-18(14-12-24-17(19-14)16-7-4-10-23-16)20-8-9-22-15(11-20)13-5-2-1-3-6-13/h1-7,10,12,15H,8-9,11H2/t15-/m1/s1. The highest BCUT2D eigenvalue weighted by atomic mass is 32.1. The summed E-state index contributed by atoms with van der Waals surface area (Å²) < 4.78 is 5.83. The van der Waals surface area contributed by atoms with Crippen LogP contribution in [0.3, 0.4) is 0 Å². The number of carbonyl (C=O) groups is 1. The van der Waals surface area contributed by atoms with Crippen LogP contribution in [0.1, 0.15) is 22.2 Å². The molecule has 122 valence electrons. The first-order valence-electron chi connectivity index (χ1n) is 7.76. The number of nitrogens with zero attached hydrogens (tertiary/aromatic N) is 2. The number of carbonyl (C=O) groups excluding carboxylic acids is 1. The van der Waals surface area contributed by atoms with E-state index in [1.54, 1.807) is 11.3 Å². The van der Waals surface area contributed by atoms with E-state index in [1.807, 2.05) is 58.1 Å². The average molecular weight is 356 g/mol. The lowest BCUT2D eigenvalue weighted by Gasteiger charge is -2.32. The van der Waals surface area contributed by atoms with Gasteiger partial charge in [0.2, 0.25) is 0 Å². The highest BCUT2D eigenvalue weighted by Crippen LogP contribution is 2.29. The van der Waals surface area contributed by atoms with Crippen molar-refractivity contribution in [2.24, 2.45) is 0 Å². The number of aromatic nitrogens is 1. The third kappa shape index (κ3) is 3.13. The molecule has 0 bridgehead atoms. The number of benzene rings is 1. The Morgan fingerprint density at radius 1 is 1.17 bits per heavy atom. The summed E-state index contributed by atoms with van der Waals surface area (Å²) in [7, 11) is 0. The van der Waals surface area contributed by atoms with Crippen molar-refractivity contribution in [3.05, 3.63) is 64.5 Å². The predicted octanol–water partition coefficient (Wildman–Crippen LogP) is 4.09. The molecule has 2 aromatic heterocycles. The molecular weight excluding hydrogens is 340 g/mol. The van der Waals surface area contributed by atoms with Gasteiger partial charge in [0.15, 0.2) is 0 Å². The summed E-state index contributed by atoms with van der Waals surface area (Å²) in [6, 6.07) is 14.1. The Morgan fingerprint density at radius 3 is 2.83 bits per heavy atom. The maximum atomic E-state index is 12.8. The molecule has 24 heavy (non-hydrogen) atoms. The molecule has 1 aliphatic heterocycles. The molecule has 1 saturated heterocycles. The maximum absolute atomic E-state index is 12.8. The minimum absolute atomic E-state index is 0.0155. The number of rotatable bonds is 3. The highest BCUT2D eigenvalue weighted by molar-refractivity contribution is 7.20. The zero-order valence-electron chi connectivity index (χ0n) is 12.9. The Kier molecular flexibility index (Phi) is 4.42. The molecule has 0 spiro atoms. The fraction of sp³-hybridized carbons (Fsp3) is 0.222. The largest absolute Gasteiger partial charge is 0.370 e. The van der Waals surface area contributed by atoms with E-state index >= 15 is 0 Å². The molecular formula is C18H16N2O2S2. The Labute approximate surface area is 148 Å². The van der Waals surface area contributed by atoms with E-state index in [0.717, 1.165) is 15.4 Å². The fourth-order valence-corrected chi connectivity index (χ4v) is 4.36. The second-order valence-electron chi connectivity index (χ2n) is 5.54. The summed E-state index contributed by atoms with van der Waals surface area (Å²) in [6.07, 6.45) is -0.0701. The topological polar surface area (TPSA) is 42.4 Å². The Balaban J connectivity index is 1.50. The minimum Gasteiger partial charge on any atom is -0.370 e. The van der Waals surface area contributed by atoms with Gasteiger partial charge in [-0.3, -0.25) is 4.79 Å². The van der Waals surface area contributed by atoms with Crippen LogP contribution in [0, 0.1) is 0 Å². The molecule has 4 rings (SSSR count). The van der Waals surface area contributed by atoms with Gasteiger partial charge in [0.25, 0.3) is 5.91 Å². The number of thiophene rings is 1. The molecule has 1 aromatic carbocycles. The van der Waals surface area contributed by atoms with Gasteiger partial charge in [-0.25, -0.2) is 4.98 Å². The summed E-state index contributed by atoms with van der Waals surface area (Å²) in [5.74, 6) is -0.0155. The van der Waals surface area contributed by atoms with Crippen molar-refractivity contribution in [1.29, 1.82) is 0 Å². The van der Waals surface area contributed by atoms with Crippen molar-refractivity contribution in [3.63, 3.8) is 0 Å². The fourth-order valence-electron chi connectivity index (χ4n) is 2.75. The van der Waals surface area contributed by atoms with Gasteiger partial charge in [-0.2, -0.15) is 0 Å². The number of amides is 1. The van der Waals surface area contributed by atoms with Gasteiger partial charge in [-0.15, -0.1) is 22.7 Å². The molecule has 0 saturated carbocycles. The first-order chi connectivity index (χ1) is 11.8. The van der Waals surface area contributed by atoms with Crippen LogP contribution >= 0.6 is 22.7 Å². The summed E-state index contributed by atoms with van der Waals surface area (Å²) in [5.41, 5.74) is 1.63. The van der Waals surface area contributed by atoms with Crippen LogP contribution in [-0.2, 0) is 4.74 Å². The van der Waals surface area contributed by atoms with Crippen LogP contribution in [0.4, 0.5) is 0 Å². The molecule has 1 amide bonds. The summed E-state index contributed by atoms with van der Waals surface area (Å²) in [6.45, 7) is 1.72. The molecule has 1 aliphatic rings. The van der Waals surface area contributed by atoms with Gasteiger partial charge in [-0.1, -0.05) is 36.4 Å². The first kappa shape index (κ1) is 15.5. The van der Waals surface area contributed by atoms with E-state index in [4.69, 9.17) is 4.74 Å². The lowest BCUT2D eigenvalue weighted by atomic mass is 10.1. The molecule has 0 unspecified atom stereocenters. The summed E-state index contributed by atoms with van der Waals surface area (Å²) >= 11 is 3.15. The van der Waals surface area contributed by atoms with Crippen LogP contribution < -0.4 is 0 Å². The van der Waals surface area contributed by atoms with Gasteiger partial charge in [0.05, 0.1) is 18.0 Å². The molecule has 1 atom stereocenters. The number of morpholine rings is 1. The Hall–Kier alpha value is -2.02. The van der Waals surface area contributed by atoms with Crippen molar-refractivity contribution in [2.45, 2.75) is 6.10 Å². The molecule has 0 aliphatic carbocycles. The molecule has 3 aromatic rings. The van der Waals surface area contributed by atoms with Crippen LogP contribution in [0.2, 0.25) is 0 Å². The Morgan fingerprint density at radius 2 is 2.04 bits per heavy atom. The van der Waals surface area contributed by atoms with Crippen LogP contribution in [0.15, 0.2) is 53.2 Å². The maximum Gasteiger partial charge on any atom is 0.273 e. The monoisotopic (exact) mass is 356 g/mol. The van der Waals surface area contributed by atoms with Gasteiger partial charge in [0, 0.05) is 11.9 Å². The second-order valence-corrected chi connectivity index (χ2v) is 7.34. The number of hydrogen-bond acceptors (Lipinski definition) is 5. The van der Waals surface area contributed by atoms with E-state index in [9.17, 15) is 4.79 Å². The molecule has 0 radical (unpaired) electrons. The third-order valence-electron chi connectivity index (χ3n) is 3.98. The number of thiazole rings is 1. The van der Waals surface area contributed by atoms with Gasteiger partial charge in [0.1, 0.15) is 16.8 Å². The summed E-state index contributed by atoms with van der Waals surface area (Å²) in [4.78, 5) is 20.2. The number of hydrogen-bond donors (Lipinski definition) is 0. The molecule has 0 N–H and O–H groups in total. The van der Waals surface area contributed by atoms with Gasteiger partial charge < -0.3 is 9.64 Å². The van der Waals surface area contributed by atoms with E-state index in [-0.39, 0.29) is 12.0 Å². The SMILES string of the molecule is O=C(c1csc(-c2cccs2)n1)N1CCO[C@@H](c2ccccc2)C1. The zero-order valence-corrected chi connectivity index (χ0v) is 14.6. The smallest absolute Gasteiger partial charge is 0.273 e. The third-order valence-corrected chi connectivity index (χ3v) is 5.86. The second kappa shape index (κ2) is 6.84. The van der Waals surface area contributed by atoms with Crippen LogP contribution in [0.25, 0.3) is 9.88 Å². The van der Waals surface area contributed by atoms with Crippen LogP contribution in [0.5, 0.6) is 0 Å². The normalized spacial score (nSPS) is 17.8. The molecule has 1 fully saturated rings. The average Bonchev–Trinajstić information content (AvgIpc) is 3.33. The van der Waals surface area contributed by atoms with Crippen molar-refractivity contribution >= 4 is 28.6 Å². The predicted molar refractivity (Wildman–Crippen MR) is 96.5 cm³/mol. The van der Waals surface area contributed by atoms with Crippen molar-refractivity contribution < 1.29 is 9.53 Å². The van der Waals surface area contributed by atoms with Crippen molar-refractivity contribution in [2.75, 3.05) is 19.7 Å². The van der Waals surface area contributed by atoms with Gasteiger partial charge >= 0.3 is 0 Å². The lowest BCUT2D eigenvalue weighted by Crippen LogP contribution is -2.42. The number of ether oxygens (including phenoxy) is 1. The van der Waals surface area contributed by atoms with E-state index < -0.39 is 0 Å². The van der Waals surface area contributed by atoms with Crippen molar-refractivity contribution in [1.82, 2.24) is 9.88 Å². The van der Waals surface area contributed by atoms with Gasteiger partial charge in [-0.05, 0) is 17.0 Å². The molecule has 6 heteroatoms. The van der Waals surface area contributed by atoms with Crippen LogP contribution in [-0.4, -0.2) is 35.5 Å². The highest BCUT2D eigenvalue weighted by Gasteiger charge is 2.27. The zero-order chi connectivity index (χ0) is 16.4. The van der Waals surface area contributed by atoms with E-state index in [1.165, 1.54) is 11.3 Å². The minimum atomic E-state index is -0.0701. The summed E-state index contributed by atoms with van der Waals surface area (Å²) in [5, 5.41) is 4.77. The van der Waals surface area contributed by atoms with E-state index in [2.05, 4.69) is 4.98 Å². The Bertz CT molecular complexity index is 815. The molecule has 4 nitrogen and oxygen atoms in total. The molecule has 3 heterocycles. The van der Waals surface area contributed by atoms with E-state index in [0.29, 0.717) is 25.4 Å². The lowest BCUT2D eigenvalue weighted by molar-refractivity contribution is -0.0229.